The van der Waals surface area contributed by atoms with E-state index < -0.39 is 10.0 Å². The number of pyridine rings is 1. The van der Waals surface area contributed by atoms with Crippen molar-refractivity contribution in [3.05, 3.63) is 54.1 Å². The lowest BCUT2D eigenvalue weighted by Crippen LogP contribution is -2.45. The highest BCUT2D eigenvalue weighted by Crippen LogP contribution is 2.24. The Morgan fingerprint density at radius 2 is 1.86 bits per heavy atom. The van der Waals surface area contributed by atoms with Crippen molar-refractivity contribution in [2.45, 2.75) is 37.6 Å². The molecule has 1 aliphatic rings. The second-order valence-electron chi connectivity index (χ2n) is 7.12. The first kappa shape index (κ1) is 18.8. The van der Waals surface area contributed by atoms with Gasteiger partial charge in [-0.2, -0.15) is 0 Å². The number of benzene rings is 1. The van der Waals surface area contributed by atoms with E-state index in [1.165, 1.54) is 0 Å². The van der Waals surface area contributed by atoms with Gasteiger partial charge in [0, 0.05) is 42.5 Å². The number of rotatable bonds is 4. The lowest BCUT2D eigenvalue weighted by molar-refractivity contribution is 0.458. The highest BCUT2D eigenvalue weighted by atomic mass is 32.2. The summed E-state index contributed by atoms with van der Waals surface area (Å²) in [6, 6.07) is 10.6. The van der Waals surface area contributed by atoms with Crippen molar-refractivity contribution in [1.29, 1.82) is 0 Å². The van der Waals surface area contributed by atoms with Gasteiger partial charge in [0.05, 0.1) is 10.4 Å². The molecule has 0 saturated carbocycles. The molecule has 0 radical (unpaired) electrons. The molecule has 146 valence electrons. The van der Waals surface area contributed by atoms with E-state index in [9.17, 15) is 8.42 Å². The normalized spacial score (nSPS) is 15.9. The lowest BCUT2D eigenvalue weighted by atomic mass is 10.1. The second-order valence-corrected chi connectivity index (χ2v) is 8.81. The molecule has 1 N–H and O–H groups in total. The fourth-order valence-corrected chi connectivity index (χ4v) is 5.20. The largest absolute Gasteiger partial charge is 0.356 e. The summed E-state index contributed by atoms with van der Waals surface area (Å²) in [6.45, 7) is 5.34. The van der Waals surface area contributed by atoms with Crippen LogP contribution in [0.2, 0.25) is 0 Å². The first-order valence-electron chi connectivity index (χ1n) is 9.36. The van der Waals surface area contributed by atoms with Crippen LogP contribution >= 0.6 is 0 Å². The lowest BCUT2D eigenvalue weighted by Gasteiger charge is -2.33. The number of piperidine rings is 1. The molecular weight excluding hydrogens is 374 g/mol. The molecule has 1 aliphatic heterocycles. The SMILES string of the molecule is Cc1cc(N2CCC(NS(=O)(=O)c3cccc4ncccc34)CC2)nc(C)n1. The van der Waals surface area contributed by atoms with E-state index in [0.29, 0.717) is 10.9 Å². The highest BCUT2D eigenvalue weighted by molar-refractivity contribution is 7.89. The smallest absolute Gasteiger partial charge is 0.241 e. The van der Waals surface area contributed by atoms with Gasteiger partial charge in [-0.25, -0.2) is 23.1 Å². The Balaban J connectivity index is 1.48. The van der Waals surface area contributed by atoms with Gasteiger partial charge in [0.15, 0.2) is 0 Å². The van der Waals surface area contributed by atoms with Crippen LogP contribution in [0.5, 0.6) is 0 Å². The number of nitrogens with one attached hydrogen (secondary N) is 1. The molecule has 1 fully saturated rings. The molecule has 0 aliphatic carbocycles. The van der Waals surface area contributed by atoms with Crippen LogP contribution in [0.25, 0.3) is 10.9 Å². The molecule has 3 heterocycles. The second kappa shape index (κ2) is 7.44. The van der Waals surface area contributed by atoms with Crippen LogP contribution in [0.15, 0.2) is 47.5 Å². The van der Waals surface area contributed by atoms with Crippen molar-refractivity contribution in [1.82, 2.24) is 19.7 Å². The maximum Gasteiger partial charge on any atom is 0.241 e. The summed E-state index contributed by atoms with van der Waals surface area (Å²) in [6.07, 6.45) is 3.12. The Labute approximate surface area is 164 Å². The van der Waals surface area contributed by atoms with Crippen LogP contribution in [0.3, 0.4) is 0 Å². The van der Waals surface area contributed by atoms with E-state index in [0.717, 1.165) is 43.3 Å². The fraction of sp³-hybridized carbons (Fsp3) is 0.350. The third-order valence-electron chi connectivity index (χ3n) is 4.99. The van der Waals surface area contributed by atoms with Crippen LogP contribution in [0.4, 0.5) is 5.82 Å². The Kier molecular flexibility index (Phi) is 4.99. The van der Waals surface area contributed by atoms with E-state index in [1.807, 2.05) is 26.0 Å². The standard InChI is InChI=1S/C20H23N5O2S/c1-14-13-20(23-15(2)22-14)25-11-8-16(9-12-25)24-28(26,27)19-7-3-6-18-17(19)5-4-10-21-18/h3-7,10,13,16,24H,8-9,11-12H2,1-2H3. The zero-order valence-corrected chi connectivity index (χ0v) is 16.8. The van der Waals surface area contributed by atoms with Crippen LogP contribution in [0.1, 0.15) is 24.4 Å². The predicted octanol–water partition coefficient (Wildman–Crippen LogP) is 2.59. The van der Waals surface area contributed by atoms with E-state index in [-0.39, 0.29) is 10.9 Å². The van der Waals surface area contributed by atoms with Crippen LogP contribution in [-0.4, -0.2) is 42.5 Å². The molecule has 0 bridgehead atoms. The number of hydrogen-bond donors (Lipinski definition) is 1. The average molecular weight is 398 g/mol. The first-order valence-corrected chi connectivity index (χ1v) is 10.8. The zero-order valence-electron chi connectivity index (χ0n) is 16.0. The van der Waals surface area contributed by atoms with Crippen molar-refractivity contribution < 1.29 is 8.42 Å². The van der Waals surface area contributed by atoms with Crippen LogP contribution in [0, 0.1) is 13.8 Å². The number of fused-ring (bicyclic) bond motifs is 1. The molecule has 8 heteroatoms. The molecule has 0 amide bonds. The molecule has 0 unspecified atom stereocenters. The predicted molar refractivity (Wildman–Crippen MR) is 109 cm³/mol. The third-order valence-corrected chi connectivity index (χ3v) is 6.57. The van der Waals surface area contributed by atoms with E-state index in [4.69, 9.17) is 0 Å². The van der Waals surface area contributed by atoms with Gasteiger partial charge >= 0.3 is 0 Å². The van der Waals surface area contributed by atoms with Crippen LogP contribution in [-0.2, 0) is 10.0 Å². The van der Waals surface area contributed by atoms with Gasteiger partial charge in [0.2, 0.25) is 10.0 Å². The van der Waals surface area contributed by atoms with Gasteiger partial charge in [-0.1, -0.05) is 6.07 Å². The summed E-state index contributed by atoms with van der Waals surface area (Å²) >= 11 is 0. The fourth-order valence-electron chi connectivity index (χ4n) is 3.68. The summed E-state index contributed by atoms with van der Waals surface area (Å²) in [5.41, 5.74) is 1.62. The van der Waals surface area contributed by atoms with Gasteiger partial charge in [-0.3, -0.25) is 4.98 Å². The van der Waals surface area contributed by atoms with Gasteiger partial charge in [0.1, 0.15) is 11.6 Å². The Morgan fingerprint density at radius 3 is 2.61 bits per heavy atom. The summed E-state index contributed by atoms with van der Waals surface area (Å²) in [5, 5.41) is 0.641. The number of aryl methyl sites for hydroxylation is 2. The summed E-state index contributed by atoms with van der Waals surface area (Å²) in [4.78, 5) is 15.5. The topological polar surface area (TPSA) is 88.1 Å². The van der Waals surface area contributed by atoms with E-state index >= 15 is 0 Å². The number of sulfonamides is 1. The molecule has 3 aromatic rings. The Hall–Kier alpha value is -2.58. The van der Waals surface area contributed by atoms with Crippen molar-refractivity contribution in [2.24, 2.45) is 0 Å². The summed E-state index contributed by atoms with van der Waals surface area (Å²) < 4.78 is 28.8. The maximum absolute atomic E-state index is 13.0. The van der Waals surface area contributed by atoms with Gasteiger partial charge in [-0.05, 0) is 51.0 Å². The van der Waals surface area contributed by atoms with Crippen molar-refractivity contribution in [2.75, 3.05) is 18.0 Å². The van der Waals surface area contributed by atoms with Crippen LogP contribution < -0.4 is 9.62 Å². The highest BCUT2D eigenvalue weighted by Gasteiger charge is 2.26. The van der Waals surface area contributed by atoms with Gasteiger partial charge < -0.3 is 4.90 Å². The molecule has 0 spiro atoms. The maximum atomic E-state index is 13.0. The molecule has 28 heavy (non-hydrogen) atoms. The van der Waals surface area contributed by atoms with Crippen molar-refractivity contribution in [3.63, 3.8) is 0 Å². The molecule has 1 saturated heterocycles. The monoisotopic (exact) mass is 397 g/mol. The average Bonchev–Trinajstić information content (AvgIpc) is 2.67. The van der Waals surface area contributed by atoms with Gasteiger partial charge in [0.25, 0.3) is 0 Å². The van der Waals surface area contributed by atoms with Crippen molar-refractivity contribution >= 4 is 26.7 Å². The number of hydrogen-bond acceptors (Lipinski definition) is 6. The quantitative estimate of drug-likeness (QED) is 0.728. The number of anilines is 1. The molecule has 1 aromatic carbocycles. The molecule has 7 nitrogen and oxygen atoms in total. The first-order chi connectivity index (χ1) is 13.4. The minimum absolute atomic E-state index is 0.0998. The minimum Gasteiger partial charge on any atom is -0.356 e. The number of nitrogens with zero attached hydrogens (tertiary/aromatic N) is 4. The number of aromatic nitrogens is 3. The Morgan fingerprint density at radius 1 is 1.07 bits per heavy atom. The third kappa shape index (κ3) is 3.83. The summed E-state index contributed by atoms with van der Waals surface area (Å²) in [7, 11) is -3.62. The molecule has 0 atom stereocenters. The van der Waals surface area contributed by atoms with Gasteiger partial charge in [-0.15, -0.1) is 0 Å². The van der Waals surface area contributed by atoms with E-state index in [2.05, 4.69) is 24.6 Å². The Bertz CT molecular complexity index is 1080. The van der Waals surface area contributed by atoms with E-state index in [1.54, 1.807) is 30.5 Å². The molecule has 4 rings (SSSR count). The molecule has 2 aromatic heterocycles. The van der Waals surface area contributed by atoms with Crippen molar-refractivity contribution in [3.8, 4) is 0 Å². The minimum atomic E-state index is -3.62. The molecular formula is C20H23N5O2S. The zero-order chi connectivity index (χ0) is 19.7. The summed E-state index contributed by atoms with van der Waals surface area (Å²) in [5.74, 6) is 1.66.